The highest BCUT2D eigenvalue weighted by Gasteiger charge is 2.23. The fourth-order valence-corrected chi connectivity index (χ4v) is 3.44. The van der Waals surface area contributed by atoms with E-state index in [-0.39, 0.29) is 11.8 Å². The standard InChI is InChI=1S/C14H18N2OS/c1-9-10(2)18-14(12(9)8-15)16-13(17)11-6-4-3-5-7-11/h11H,3-7H2,1-2H3,(H,16,17). The molecule has 1 heterocycles. The lowest BCUT2D eigenvalue weighted by atomic mass is 9.89. The van der Waals surface area contributed by atoms with Crippen molar-refractivity contribution >= 4 is 22.2 Å². The molecule has 0 atom stereocenters. The van der Waals surface area contributed by atoms with Gasteiger partial charge in [0.05, 0.1) is 5.56 Å². The second kappa shape index (κ2) is 5.53. The Morgan fingerprint density at radius 2 is 2.00 bits per heavy atom. The predicted molar refractivity (Wildman–Crippen MR) is 73.7 cm³/mol. The molecule has 96 valence electrons. The van der Waals surface area contributed by atoms with Gasteiger partial charge in [0.2, 0.25) is 5.91 Å². The van der Waals surface area contributed by atoms with Crippen LogP contribution in [0.2, 0.25) is 0 Å². The smallest absolute Gasteiger partial charge is 0.228 e. The number of carbonyl (C=O) groups excluding carboxylic acids is 1. The van der Waals surface area contributed by atoms with Crippen molar-refractivity contribution in [2.24, 2.45) is 5.92 Å². The van der Waals surface area contributed by atoms with Crippen molar-refractivity contribution in [3.63, 3.8) is 0 Å². The number of nitrogens with zero attached hydrogens (tertiary/aromatic N) is 1. The Morgan fingerprint density at radius 1 is 1.33 bits per heavy atom. The third-order valence-corrected chi connectivity index (χ3v) is 4.83. The molecule has 18 heavy (non-hydrogen) atoms. The molecule has 1 N–H and O–H groups in total. The maximum Gasteiger partial charge on any atom is 0.228 e. The Morgan fingerprint density at radius 3 is 2.61 bits per heavy atom. The summed E-state index contributed by atoms with van der Waals surface area (Å²) >= 11 is 1.50. The first-order valence-corrected chi connectivity index (χ1v) is 7.26. The van der Waals surface area contributed by atoms with E-state index in [1.807, 2.05) is 13.8 Å². The number of nitrogens with one attached hydrogen (secondary N) is 1. The number of thiophene rings is 1. The maximum atomic E-state index is 12.1. The third kappa shape index (κ3) is 2.56. The highest BCUT2D eigenvalue weighted by molar-refractivity contribution is 7.16. The number of aryl methyl sites for hydroxylation is 1. The molecule has 3 nitrogen and oxygen atoms in total. The van der Waals surface area contributed by atoms with Crippen molar-refractivity contribution in [2.45, 2.75) is 46.0 Å². The van der Waals surface area contributed by atoms with Gasteiger partial charge in [-0.1, -0.05) is 19.3 Å². The van der Waals surface area contributed by atoms with Gasteiger partial charge in [0.15, 0.2) is 0 Å². The van der Waals surface area contributed by atoms with Gasteiger partial charge in [0, 0.05) is 10.8 Å². The molecule has 1 aliphatic rings. The minimum absolute atomic E-state index is 0.0902. The van der Waals surface area contributed by atoms with Gasteiger partial charge in [-0.05, 0) is 32.3 Å². The minimum Gasteiger partial charge on any atom is -0.316 e. The fraction of sp³-hybridized carbons (Fsp3) is 0.571. The number of nitriles is 1. The van der Waals surface area contributed by atoms with Crippen LogP contribution >= 0.6 is 11.3 Å². The van der Waals surface area contributed by atoms with E-state index in [2.05, 4.69) is 11.4 Å². The predicted octanol–water partition coefficient (Wildman–Crippen LogP) is 3.76. The molecular weight excluding hydrogens is 244 g/mol. The van der Waals surface area contributed by atoms with Crippen molar-refractivity contribution in [1.29, 1.82) is 5.26 Å². The molecule has 1 amide bonds. The average Bonchev–Trinajstić information content (AvgIpc) is 2.65. The molecular formula is C14H18N2OS. The Balaban J connectivity index is 2.11. The van der Waals surface area contributed by atoms with Crippen molar-refractivity contribution in [3.8, 4) is 6.07 Å². The summed E-state index contributed by atoms with van der Waals surface area (Å²) in [5, 5.41) is 12.8. The molecule has 0 aliphatic heterocycles. The van der Waals surface area contributed by atoms with Crippen molar-refractivity contribution in [2.75, 3.05) is 5.32 Å². The van der Waals surface area contributed by atoms with Gasteiger partial charge in [-0.2, -0.15) is 5.26 Å². The van der Waals surface area contributed by atoms with Gasteiger partial charge in [0.25, 0.3) is 0 Å². The van der Waals surface area contributed by atoms with E-state index in [4.69, 9.17) is 5.26 Å². The number of hydrogen-bond donors (Lipinski definition) is 1. The Labute approximate surface area is 112 Å². The summed E-state index contributed by atoms with van der Waals surface area (Å²) in [7, 11) is 0. The molecule has 0 spiro atoms. The van der Waals surface area contributed by atoms with E-state index in [0.717, 1.165) is 41.1 Å². The van der Waals surface area contributed by atoms with Crippen LogP contribution in [0.5, 0.6) is 0 Å². The van der Waals surface area contributed by atoms with E-state index in [9.17, 15) is 4.79 Å². The van der Waals surface area contributed by atoms with Crippen LogP contribution in [0.15, 0.2) is 0 Å². The average molecular weight is 262 g/mol. The van der Waals surface area contributed by atoms with Crippen LogP contribution in [0.3, 0.4) is 0 Å². The van der Waals surface area contributed by atoms with Gasteiger partial charge in [-0.25, -0.2) is 0 Å². The summed E-state index contributed by atoms with van der Waals surface area (Å²) in [5.74, 6) is 0.223. The summed E-state index contributed by atoms with van der Waals surface area (Å²) in [5.41, 5.74) is 1.61. The van der Waals surface area contributed by atoms with Gasteiger partial charge < -0.3 is 5.32 Å². The number of carbonyl (C=O) groups is 1. The summed E-state index contributed by atoms with van der Waals surface area (Å²) in [4.78, 5) is 13.2. The van der Waals surface area contributed by atoms with Crippen LogP contribution < -0.4 is 5.32 Å². The maximum absolute atomic E-state index is 12.1. The van der Waals surface area contributed by atoms with Gasteiger partial charge in [-0.3, -0.25) is 4.79 Å². The van der Waals surface area contributed by atoms with E-state index < -0.39 is 0 Å². The SMILES string of the molecule is Cc1sc(NC(=O)C2CCCCC2)c(C#N)c1C. The molecule has 4 heteroatoms. The van der Waals surface area contributed by atoms with Crippen LogP contribution in [0.25, 0.3) is 0 Å². The molecule has 0 aromatic carbocycles. The zero-order chi connectivity index (χ0) is 13.1. The molecule has 1 fully saturated rings. The van der Waals surface area contributed by atoms with Gasteiger partial charge >= 0.3 is 0 Å². The molecule has 0 radical (unpaired) electrons. The first kappa shape index (κ1) is 13.1. The summed E-state index contributed by atoms with van der Waals surface area (Å²) in [6.45, 7) is 3.91. The normalized spacial score (nSPS) is 16.3. The minimum atomic E-state index is 0.0902. The van der Waals surface area contributed by atoms with E-state index in [1.165, 1.54) is 17.8 Å². The Hall–Kier alpha value is -1.34. The molecule has 1 saturated carbocycles. The summed E-state index contributed by atoms with van der Waals surface area (Å²) < 4.78 is 0. The van der Waals surface area contributed by atoms with Crippen LogP contribution in [0, 0.1) is 31.1 Å². The van der Waals surface area contributed by atoms with Crippen molar-refractivity contribution < 1.29 is 4.79 Å². The van der Waals surface area contributed by atoms with Gasteiger partial charge in [0.1, 0.15) is 11.1 Å². The van der Waals surface area contributed by atoms with E-state index in [1.54, 1.807) is 0 Å². The first-order chi connectivity index (χ1) is 8.63. The fourth-order valence-electron chi connectivity index (χ4n) is 2.43. The first-order valence-electron chi connectivity index (χ1n) is 6.44. The second-order valence-electron chi connectivity index (χ2n) is 4.92. The topological polar surface area (TPSA) is 52.9 Å². The molecule has 1 aromatic heterocycles. The molecule has 0 saturated heterocycles. The number of amides is 1. The zero-order valence-corrected chi connectivity index (χ0v) is 11.7. The largest absolute Gasteiger partial charge is 0.316 e. The van der Waals surface area contributed by atoms with Crippen LogP contribution in [0.4, 0.5) is 5.00 Å². The molecule has 0 bridgehead atoms. The number of anilines is 1. The third-order valence-electron chi connectivity index (χ3n) is 3.71. The van der Waals surface area contributed by atoms with E-state index >= 15 is 0 Å². The summed E-state index contributed by atoms with van der Waals surface area (Å²) in [6, 6.07) is 2.19. The molecule has 2 rings (SSSR count). The summed E-state index contributed by atoms with van der Waals surface area (Å²) in [6.07, 6.45) is 5.50. The quantitative estimate of drug-likeness (QED) is 0.882. The van der Waals surface area contributed by atoms with Crippen molar-refractivity contribution in [1.82, 2.24) is 0 Å². The lowest BCUT2D eigenvalue weighted by Crippen LogP contribution is -2.24. The van der Waals surface area contributed by atoms with Crippen LogP contribution in [0.1, 0.15) is 48.1 Å². The lowest BCUT2D eigenvalue weighted by Gasteiger charge is -2.20. The Kier molecular flexibility index (Phi) is 4.03. The van der Waals surface area contributed by atoms with Crippen molar-refractivity contribution in [3.05, 3.63) is 16.0 Å². The highest BCUT2D eigenvalue weighted by Crippen LogP contribution is 2.33. The molecule has 1 aromatic rings. The van der Waals surface area contributed by atoms with E-state index in [0.29, 0.717) is 5.56 Å². The number of rotatable bonds is 2. The second-order valence-corrected chi connectivity index (χ2v) is 6.15. The highest BCUT2D eigenvalue weighted by atomic mass is 32.1. The molecule has 0 unspecified atom stereocenters. The number of hydrogen-bond acceptors (Lipinski definition) is 3. The van der Waals surface area contributed by atoms with Gasteiger partial charge in [-0.15, -0.1) is 11.3 Å². The molecule has 1 aliphatic carbocycles. The van der Waals surface area contributed by atoms with Crippen LogP contribution in [-0.4, -0.2) is 5.91 Å². The lowest BCUT2D eigenvalue weighted by molar-refractivity contribution is -0.120. The Bertz CT molecular complexity index is 493. The zero-order valence-electron chi connectivity index (χ0n) is 10.9. The van der Waals surface area contributed by atoms with Crippen LogP contribution in [-0.2, 0) is 4.79 Å². The monoisotopic (exact) mass is 262 g/mol.